The van der Waals surface area contributed by atoms with Crippen molar-refractivity contribution in [2.75, 3.05) is 0 Å². The highest BCUT2D eigenvalue weighted by Crippen LogP contribution is 2.43. The summed E-state index contributed by atoms with van der Waals surface area (Å²) in [4.78, 5) is 18.5. The van der Waals surface area contributed by atoms with Crippen LogP contribution in [0.1, 0.15) is 98.6 Å². The van der Waals surface area contributed by atoms with Crippen molar-refractivity contribution in [3.63, 3.8) is 0 Å². The van der Waals surface area contributed by atoms with Gasteiger partial charge in [-0.1, -0.05) is 0 Å². The Bertz CT molecular complexity index is 1200. The molecular weight excluding hydrogens is 574 g/mol. The number of nitrogens with two attached hydrogens (primary N) is 1. The van der Waals surface area contributed by atoms with Crippen LogP contribution in [0, 0.1) is 11.6 Å². The molecule has 2 fully saturated rings. The molecule has 2 aliphatic rings. The summed E-state index contributed by atoms with van der Waals surface area (Å²) < 4.78 is 109. The molecule has 5 nitrogen and oxygen atoms in total. The molecule has 2 saturated carbocycles. The minimum atomic E-state index is -4.64. The van der Waals surface area contributed by atoms with Gasteiger partial charge in [0.15, 0.2) is 0 Å². The molecule has 40 heavy (non-hydrogen) atoms. The molecule has 0 atom stereocenters. The van der Waals surface area contributed by atoms with Crippen molar-refractivity contribution in [3.8, 4) is 0 Å². The maximum absolute atomic E-state index is 14.3. The number of alkyl halides is 6. The Kier molecular flexibility index (Phi) is 10.6. The summed E-state index contributed by atoms with van der Waals surface area (Å²) in [5, 5.41) is 0. The summed E-state index contributed by atoms with van der Waals surface area (Å²) >= 11 is 0. The lowest BCUT2D eigenvalue weighted by Crippen LogP contribution is -2.24. The standard InChI is InChI=1S/C16H19F4NO2.C10H10F4N2.ClH/c1-15(2,3)23-12(22)7-6-10-8-11(16(18,19)20)21-14(13(10)17)9-4-5-9;11-8-6(4-15)3-7(10(12,13)14)16-9(8)5-1-2-5;/h8-9H,4-7H2,1-3H3;3,5H,1-2,4,15H2;1H. The van der Waals surface area contributed by atoms with E-state index in [4.69, 9.17) is 10.5 Å². The van der Waals surface area contributed by atoms with Gasteiger partial charge in [0.2, 0.25) is 0 Å². The van der Waals surface area contributed by atoms with Crippen molar-refractivity contribution in [1.82, 2.24) is 9.97 Å². The van der Waals surface area contributed by atoms with Crippen molar-refractivity contribution >= 4 is 18.4 Å². The van der Waals surface area contributed by atoms with Crippen LogP contribution in [-0.2, 0) is 34.8 Å². The van der Waals surface area contributed by atoms with E-state index in [9.17, 15) is 39.9 Å². The third-order valence-electron chi connectivity index (χ3n) is 5.86. The number of aryl methyl sites for hydroxylation is 1. The molecule has 4 rings (SSSR count). The minimum absolute atomic E-state index is 0. The number of esters is 1. The van der Waals surface area contributed by atoms with Crippen molar-refractivity contribution in [2.24, 2.45) is 5.73 Å². The van der Waals surface area contributed by atoms with Gasteiger partial charge >= 0.3 is 18.3 Å². The first kappa shape index (κ1) is 33.7. The molecule has 0 bridgehead atoms. The molecule has 2 aromatic rings. The SMILES string of the molecule is CC(C)(C)OC(=O)CCc1cc(C(F)(F)F)nc(C2CC2)c1F.Cl.NCc1cc(C(F)(F)F)nc(C2CC2)c1F. The Hall–Kier alpha value is -2.54. The largest absolute Gasteiger partial charge is 0.460 e. The van der Waals surface area contributed by atoms with Crippen molar-refractivity contribution < 1.29 is 44.7 Å². The van der Waals surface area contributed by atoms with Gasteiger partial charge in [-0.2, -0.15) is 26.3 Å². The zero-order valence-corrected chi connectivity index (χ0v) is 22.8. The molecule has 0 spiro atoms. The van der Waals surface area contributed by atoms with Crippen molar-refractivity contribution in [3.05, 3.63) is 57.7 Å². The molecule has 0 aliphatic heterocycles. The van der Waals surface area contributed by atoms with Gasteiger partial charge in [0.05, 0.1) is 11.4 Å². The lowest BCUT2D eigenvalue weighted by atomic mass is 10.1. The topological polar surface area (TPSA) is 78.1 Å². The zero-order valence-electron chi connectivity index (χ0n) is 22.0. The van der Waals surface area contributed by atoms with Crippen molar-refractivity contribution in [1.29, 1.82) is 0 Å². The van der Waals surface area contributed by atoms with Gasteiger partial charge in [0.25, 0.3) is 0 Å². The fraction of sp³-hybridized carbons (Fsp3) is 0.577. The number of hydrogen-bond acceptors (Lipinski definition) is 5. The van der Waals surface area contributed by atoms with E-state index in [1.54, 1.807) is 20.8 Å². The molecule has 2 heterocycles. The molecule has 2 aliphatic carbocycles. The molecule has 2 aromatic heterocycles. The summed E-state index contributed by atoms with van der Waals surface area (Å²) in [6.07, 6.45) is -6.87. The van der Waals surface area contributed by atoms with Crippen LogP contribution >= 0.6 is 12.4 Å². The van der Waals surface area contributed by atoms with Gasteiger partial charge in [-0.05, 0) is 70.6 Å². The van der Waals surface area contributed by atoms with E-state index in [1.165, 1.54) is 0 Å². The molecule has 14 heteroatoms. The predicted molar refractivity (Wildman–Crippen MR) is 132 cm³/mol. The third-order valence-corrected chi connectivity index (χ3v) is 5.86. The Balaban J connectivity index is 0.000000290. The second kappa shape index (κ2) is 12.5. The average molecular weight is 604 g/mol. The maximum Gasteiger partial charge on any atom is 0.433 e. The molecule has 0 saturated heterocycles. The second-order valence-electron chi connectivity index (χ2n) is 10.6. The number of pyridine rings is 2. The quantitative estimate of drug-likeness (QED) is 0.275. The summed E-state index contributed by atoms with van der Waals surface area (Å²) in [5.74, 6) is -2.41. The monoisotopic (exact) mass is 603 g/mol. The Labute approximate surface area is 232 Å². The molecule has 0 radical (unpaired) electrons. The van der Waals surface area contributed by atoms with Crippen LogP contribution in [0.5, 0.6) is 0 Å². The fourth-order valence-corrected chi connectivity index (χ4v) is 3.71. The highest BCUT2D eigenvalue weighted by Gasteiger charge is 2.38. The van der Waals surface area contributed by atoms with Gasteiger partial charge in [-0.25, -0.2) is 18.7 Å². The van der Waals surface area contributed by atoms with Gasteiger partial charge in [0, 0.05) is 30.4 Å². The van der Waals surface area contributed by atoms with Gasteiger partial charge in [0.1, 0.15) is 28.6 Å². The Morgan fingerprint density at radius 2 is 1.25 bits per heavy atom. The highest BCUT2D eigenvalue weighted by atomic mass is 35.5. The van der Waals surface area contributed by atoms with E-state index in [0.29, 0.717) is 37.8 Å². The molecule has 0 unspecified atom stereocenters. The molecular formula is C26H30ClF8N3O2. The van der Waals surface area contributed by atoms with Crippen LogP contribution < -0.4 is 5.73 Å². The first-order valence-corrected chi connectivity index (χ1v) is 12.4. The predicted octanol–water partition coefficient (Wildman–Crippen LogP) is 7.39. The number of hydrogen-bond donors (Lipinski definition) is 1. The molecule has 0 amide bonds. The molecule has 2 N–H and O–H groups in total. The number of halogens is 9. The lowest BCUT2D eigenvalue weighted by Gasteiger charge is -2.19. The fourth-order valence-electron chi connectivity index (χ4n) is 3.71. The van der Waals surface area contributed by atoms with E-state index < -0.39 is 46.9 Å². The number of carbonyl (C=O) groups is 1. The summed E-state index contributed by atoms with van der Waals surface area (Å²) in [6, 6.07) is 1.37. The van der Waals surface area contributed by atoms with Crippen LogP contribution in [0.2, 0.25) is 0 Å². The minimum Gasteiger partial charge on any atom is -0.460 e. The third kappa shape index (κ3) is 9.25. The Morgan fingerprint density at radius 1 is 0.850 bits per heavy atom. The highest BCUT2D eigenvalue weighted by molar-refractivity contribution is 5.85. The Morgan fingerprint density at radius 3 is 1.60 bits per heavy atom. The zero-order chi connectivity index (χ0) is 29.3. The lowest BCUT2D eigenvalue weighted by molar-refractivity contribution is -0.154. The van der Waals surface area contributed by atoms with Gasteiger partial charge in [-0.3, -0.25) is 4.79 Å². The first-order chi connectivity index (χ1) is 17.9. The normalized spacial score (nSPS) is 15.6. The first-order valence-electron chi connectivity index (χ1n) is 12.4. The van der Waals surface area contributed by atoms with E-state index in [0.717, 1.165) is 0 Å². The summed E-state index contributed by atoms with van der Waals surface area (Å²) in [7, 11) is 0. The van der Waals surface area contributed by atoms with E-state index in [-0.39, 0.29) is 66.1 Å². The van der Waals surface area contributed by atoms with E-state index >= 15 is 0 Å². The number of ether oxygens (including phenoxy) is 1. The molecule has 224 valence electrons. The van der Waals surface area contributed by atoms with E-state index in [2.05, 4.69) is 9.97 Å². The van der Waals surface area contributed by atoms with Crippen LogP contribution in [0.15, 0.2) is 12.1 Å². The smallest absolute Gasteiger partial charge is 0.433 e. The van der Waals surface area contributed by atoms with E-state index in [1.807, 2.05) is 0 Å². The van der Waals surface area contributed by atoms with Crippen LogP contribution in [0.25, 0.3) is 0 Å². The molecule has 0 aromatic carbocycles. The summed E-state index contributed by atoms with van der Waals surface area (Å²) in [5.41, 5.74) is 1.87. The number of aromatic nitrogens is 2. The number of nitrogens with zero attached hydrogens (tertiary/aromatic N) is 2. The second-order valence-corrected chi connectivity index (χ2v) is 10.6. The van der Waals surface area contributed by atoms with Crippen LogP contribution in [-0.4, -0.2) is 21.5 Å². The van der Waals surface area contributed by atoms with Crippen LogP contribution in [0.3, 0.4) is 0 Å². The van der Waals surface area contributed by atoms with Gasteiger partial charge < -0.3 is 10.5 Å². The van der Waals surface area contributed by atoms with Crippen molar-refractivity contribution in [2.45, 2.75) is 95.6 Å². The van der Waals surface area contributed by atoms with Crippen LogP contribution in [0.4, 0.5) is 35.1 Å². The maximum atomic E-state index is 14.3. The number of rotatable bonds is 6. The summed E-state index contributed by atoms with van der Waals surface area (Å²) in [6.45, 7) is 4.80. The number of carbonyl (C=O) groups excluding carboxylic acids is 1. The van der Waals surface area contributed by atoms with Gasteiger partial charge in [-0.15, -0.1) is 12.4 Å². The average Bonchev–Trinajstić information content (AvgIpc) is 3.70.